The van der Waals surface area contributed by atoms with Gasteiger partial charge in [0.15, 0.2) is 5.96 Å². The number of hydrogen-bond donors (Lipinski definition) is 3. The monoisotopic (exact) mass is 441 g/mol. The Labute approximate surface area is 192 Å². The van der Waals surface area contributed by atoms with Crippen molar-refractivity contribution in [2.45, 2.75) is 69.9 Å². The Kier molecular flexibility index (Phi) is 7.55. The summed E-state index contributed by atoms with van der Waals surface area (Å²) in [6.45, 7) is 6.48. The number of ether oxygens (including phenoxy) is 1. The lowest BCUT2D eigenvalue weighted by Gasteiger charge is -2.40. The van der Waals surface area contributed by atoms with Crippen LogP contribution < -0.4 is 21.1 Å². The first kappa shape index (κ1) is 22.9. The van der Waals surface area contributed by atoms with E-state index >= 15 is 0 Å². The number of benzene rings is 1. The fourth-order valence-electron chi connectivity index (χ4n) is 5.53. The average molecular weight is 442 g/mol. The van der Waals surface area contributed by atoms with E-state index in [2.05, 4.69) is 46.7 Å². The predicted octanol–water partition coefficient (Wildman–Crippen LogP) is 2.97. The number of aliphatic imine (C=N–C) groups is 1. The number of likely N-dealkylation sites (tertiary alicyclic amines) is 1. The molecule has 0 aromatic heterocycles. The molecule has 2 atom stereocenters. The van der Waals surface area contributed by atoms with E-state index in [9.17, 15) is 4.79 Å². The largest absolute Gasteiger partial charge is 0.487 e. The van der Waals surface area contributed by atoms with E-state index in [1.54, 1.807) is 0 Å². The molecule has 1 saturated heterocycles. The minimum absolute atomic E-state index is 0.00253. The van der Waals surface area contributed by atoms with E-state index in [0.717, 1.165) is 83.0 Å². The molecule has 1 aromatic carbocycles. The zero-order chi connectivity index (χ0) is 22.4. The van der Waals surface area contributed by atoms with Crippen LogP contribution in [0, 0.1) is 5.92 Å². The lowest BCUT2D eigenvalue weighted by molar-refractivity contribution is -0.123. The molecule has 2 aliphatic heterocycles. The molecular formula is C25H39N5O2. The van der Waals surface area contributed by atoms with Gasteiger partial charge in [-0.25, -0.2) is 0 Å². The highest BCUT2D eigenvalue weighted by molar-refractivity contribution is 5.80. The third kappa shape index (κ3) is 5.55. The summed E-state index contributed by atoms with van der Waals surface area (Å²) in [4.78, 5) is 18.7. The van der Waals surface area contributed by atoms with Crippen LogP contribution in [0.3, 0.4) is 0 Å². The second-order valence-corrected chi connectivity index (χ2v) is 9.59. The molecule has 2 heterocycles. The van der Waals surface area contributed by atoms with E-state index in [0.29, 0.717) is 0 Å². The first-order valence-corrected chi connectivity index (χ1v) is 12.4. The van der Waals surface area contributed by atoms with Gasteiger partial charge in [-0.15, -0.1) is 0 Å². The zero-order valence-electron chi connectivity index (χ0n) is 19.4. The fraction of sp³-hybridized carbons (Fsp3) is 0.680. The summed E-state index contributed by atoms with van der Waals surface area (Å²) in [5.74, 6) is 1.73. The molecule has 0 bridgehead atoms. The minimum atomic E-state index is -0.164. The minimum Gasteiger partial charge on any atom is -0.487 e. The van der Waals surface area contributed by atoms with Crippen LogP contribution in [-0.2, 0) is 4.79 Å². The number of nitrogens with one attached hydrogen (secondary N) is 2. The van der Waals surface area contributed by atoms with Crippen molar-refractivity contribution in [1.82, 2.24) is 15.5 Å². The summed E-state index contributed by atoms with van der Waals surface area (Å²) in [5, 5.41) is 7.13. The molecule has 1 saturated carbocycles. The van der Waals surface area contributed by atoms with Gasteiger partial charge in [0.25, 0.3) is 0 Å². The van der Waals surface area contributed by atoms with Crippen molar-refractivity contribution >= 4 is 11.9 Å². The van der Waals surface area contributed by atoms with Gasteiger partial charge in [-0.3, -0.25) is 9.79 Å². The highest BCUT2D eigenvalue weighted by Gasteiger charge is 2.43. The van der Waals surface area contributed by atoms with E-state index in [1.165, 1.54) is 18.4 Å². The predicted molar refractivity (Wildman–Crippen MR) is 128 cm³/mol. The maximum Gasteiger partial charge on any atom is 0.221 e. The molecule has 2 unspecified atom stereocenters. The standard InChI is InChI=1S/C25H39N5O2/c1-2-27-24(28-14-8-16-30-15-7-9-19(18-30)23(26)31)29-21-17-25(12-5-6-13-25)32-22-11-4-3-10-20(21)22/h3-4,10-11,19,21H,2,5-9,12-18H2,1H3,(H2,26,31)(H2,27,28,29). The Bertz CT molecular complexity index is 805. The summed E-state index contributed by atoms with van der Waals surface area (Å²) in [5.41, 5.74) is 6.70. The van der Waals surface area contributed by atoms with Crippen LogP contribution in [0.25, 0.3) is 0 Å². The molecule has 32 heavy (non-hydrogen) atoms. The molecule has 7 heteroatoms. The van der Waals surface area contributed by atoms with Crippen LogP contribution in [0.1, 0.15) is 69.9 Å². The fourth-order valence-corrected chi connectivity index (χ4v) is 5.53. The first-order chi connectivity index (χ1) is 15.6. The number of rotatable bonds is 7. The lowest BCUT2D eigenvalue weighted by atomic mass is 9.86. The highest BCUT2D eigenvalue weighted by Crippen LogP contribution is 2.46. The second kappa shape index (κ2) is 10.6. The van der Waals surface area contributed by atoms with Crippen molar-refractivity contribution in [3.8, 4) is 5.75 Å². The van der Waals surface area contributed by atoms with E-state index in [-0.39, 0.29) is 23.5 Å². The zero-order valence-corrected chi connectivity index (χ0v) is 19.4. The van der Waals surface area contributed by atoms with Crippen LogP contribution in [0.5, 0.6) is 5.75 Å². The number of carbonyl (C=O) groups excluding carboxylic acids is 1. The van der Waals surface area contributed by atoms with Crippen molar-refractivity contribution in [2.24, 2.45) is 16.6 Å². The molecule has 2 fully saturated rings. The Morgan fingerprint density at radius 2 is 2.09 bits per heavy atom. The quantitative estimate of drug-likeness (QED) is 0.344. The number of primary amides is 1. The number of amides is 1. The third-order valence-electron chi connectivity index (χ3n) is 7.18. The molecule has 7 nitrogen and oxygen atoms in total. The smallest absolute Gasteiger partial charge is 0.221 e. The molecule has 1 amide bonds. The Balaban J connectivity index is 1.36. The van der Waals surface area contributed by atoms with Gasteiger partial charge in [0.05, 0.1) is 12.0 Å². The molecular weight excluding hydrogens is 402 g/mol. The van der Waals surface area contributed by atoms with Gasteiger partial charge in [0.1, 0.15) is 11.4 Å². The molecule has 4 N–H and O–H groups in total. The SMILES string of the molecule is CCNC(=NCCCN1CCCC(C(N)=O)C1)NC1CC2(CCCC2)Oc2ccccc21. The third-order valence-corrected chi connectivity index (χ3v) is 7.18. The van der Waals surface area contributed by atoms with Crippen molar-refractivity contribution in [3.05, 3.63) is 29.8 Å². The molecule has 1 spiro atoms. The van der Waals surface area contributed by atoms with Crippen molar-refractivity contribution in [2.75, 3.05) is 32.7 Å². The summed E-state index contributed by atoms with van der Waals surface area (Å²) >= 11 is 0. The number of guanidine groups is 1. The maximum atomic E-state index is 11.5. The second-order valence-electron chi connectivity index (χ2n) is 9.59. The van der Waals surface area contributed by atoms with Gasteiger partial charge >= 0.3 is 0 Å². The molecule has 3 aliphatic rings. The Morgan fingerprint density at radius 1 is 1.28 bits per heavy atom. The molecule has 1 aromatic rings. The Morgan fingerprint density at radius 3 is 2.88 bits per heavy atom. The van der Waals surface area contributed by atoms with Crippen LogP contribution in [-0.4, -0.2) is 55.1 Å². The summed E-state index contributed by atoms with van der Waals surface area (Å²) < 4.78 is 6.50. The van der Waals surface area contributed by atoms with E-state index in [4.69, 9.17) is 15.5 Å². The lowest BCUT2D eigenvalue weighted by Crippen LogP contribution is -2.46. The number of hydrogen-bond acceptors (Lipinski definition) is 4. The number of para-hydroxylation sites is 1. The Hall–Kier alpha value is -2.28. The van der Waals surface area contributed by atoms with E-state index < -0.39 is 0 Å². The van der Waals surface area contributed by atoms with Crippen molar-refractivity contribution in [1.29, 1.82) is 0 Å². The first-order valence-electron chi connectivity index (χ1n) is 12.4. The molecule has 176 valence electrons. The average Bonchev–Trinajstić information content (AvgIpc) is 3.24. The number of piperidine rings is 1. The van der Waals surface area contributed by atoms with Crippen LogP contribution in [0.4, 0.5) is 0 Å². The van der Waals surface area contributed by atoms with Crippen LogP contribution in [0.2, 0.25) is 0 Å². The van der Waals surface area contributed by atoms with Crippen LogP contribution in [0.15, 0.2) is 29.3 Å². The van der Waals surface area contributed by atoms with Crippen LogP contribution >= 0.6 is 0 Å². The summed E-state index contributed by atoms with van der Waals surface area (Å²) in [6.07, 6.45) is 8.68. The molecule has 1 aliphatic carbocycles. The number of nitrogens with two attached hydrogens (primary N) is 1. The summed E-state index contributed by atoms with van der Waals surface area (Å²) in [7, 11) is 0. The van der Waals surface area contributed by atoms with Crippen molar-refractivity contribution in [3.63, 3.8) is 0 Å². The normalized spacial score (nSPS) is 25.2. The number of fused-ring (bicyclic) bond motifs is 1. The van der Waals surface area contributed by atoms with Gasteiger partial charge in [-0.05, 0) is 71.0 Å². The van der Waals surface area contributed by atoms with Gasteiger partial charge in [0, 0.05) is 31.6 Å². The number of nitrogens with zero attached hydrogens (tertiary/aromatic N) is 2. The molecule has 4 rings (SSSR count). The summed E-state index contributed by atoms with van der Waals surface area (Å²) in [6, 6.07) is 8.63. The number of carbonyl (C=O) groups is 1. The van der Waals surface area contributed by atoms with Gasteiger partial charge in [-0.2, -0.15) is 0 Å². The van der Waals surface area contributed by atoms with Gasteiger partial charge in [-0.1, -0.05) is 18.2 Å². The topological polar surface area (TPSA) is 92.0 Å². The van der Waals surface area contributed by atoms with E-state index in [1.807, 2.05) is 0 Å². The maximum absolute atomic E-state index is 11.5. The van der Waals surface area contributed by atoms with Gasteiger partial charge in [0.2, 0.25) is 5.91 Å². The van der Waals surface area contributed by atoms with Crippen molar-refractivity contribution < 1.29 is 9.53 Å². The molecule has 0 radical (unpaired) electrons. The van der Waals surface area contributed by atoms with Gasteiger partial charge < -0.3 is 26.0 Å². The highest BCUT2D eigenvalue weighted by atomic mass is 16.5.